The van der Waals surface area contributed by atoms with Crippen molar-refractivity contribution in [1.29, 1.82) is 0 Å². The fourth-order valence-corrected chi connectivity index (χ4v) is 2.78. The minimum Gasteiger partial charge on any atom is -0.497 e. The van der Waals surface area contributed by atoms with Crippen molar-refractivity contribution in [2.45, 2.75) is 39.3 Å². The zero-order valence-electron chi connectivity index (χ0n) is 18.3. The zero-order valence-corrected chi connectivity index (χ0v) is 18.3. The second kappa shape index (κ2) is 10.0. The Morgan fingerprint density at radius 3 is 2.33 bits per heavy atom. The summed E-state index contributed by atoms with van der Waals surface area (Å²) in [6, 6.07) is 11.7. The largest absolute Gasteiger partial charge is 0.497 e. The summed E-state index contributed by atoms with van der Waals surface area (Å²) in [4.78, 5) is 24.8. The van der Waals surface area contributed by atoms with E-state index in [1.54, 1.807) is 71.4 Å². The van der Waals surface area contributed by atoms with Gasteiger partial charge < -0.3 is 24.3 Å². The van der Waals surface area contributed by atoms with Crippen LogP contribution >= 0.6 is 0 Å². The van der Waals surface area contributed by atoms with Crippen LogP contribution in [0.5, 0.6) is 17.2 Å². The molecule has 7 nitrogen and oxygen atoms in total. The predicted octanol–water partition coefficient (Wildman–Crippen LogP) is 3.92. The summed E-state index contributed by atoms with van der Waals surface area (Å²) in [5.74, 6) is 0.738. The number of hydrogen-bond acceptors (Lipinski definition) is 6. The lowest BCUT2D eigenvalue weighted by molar-refractivity contribution is -0.123. The Balaban J connectivity index is 2.04. The Morgan fingerprint density at radius 1 is 1.00 bits per heavy atom. The summed E-state index contributed by atoms with van der Waals surface area (Å²) in [6.45, 7) is 6.95. The molecular formula is C23H29NO6. The Labute approximate surface area is 177 Å². The third-order valence-corrected chi connectivity index (χ3v) is 4.15. The highest BCUT2D eigenvalue weighted by molar-refractivity contribution is 5.93. The van der Waals surface area contributed by atoms with Crippen molar-refractivity contribution in [1.82, 2.24) is 5.32 Å². The number of carbonyl (C=O) groups is 2. The number of hydrogen-bond donors (Lipinski definition) is 1. The summed E-state index contributed by atoms with van der Waals surface area (Å²) in [5.41, 5.74) is 0.411. The van der Waals surface area contributed by atoms with Crippen molar-refractivity contribution in [3.8, 4) is 17.2 Å². The molecule has 2 rings (SSSR count). The van der Waals surface area contributed by atoms with Gasteiger partial charge in [-0.2, -0.15) is 0 Å². The van der Waals surface area contributed by atoms with Gasteiger partial charge in [-0.1, -0.05) is 12.1 Å². The minimum absolute atomic E-state index is 0.254. The van der Waals surface area contributed by atoms with Gasteiger partial charge in [0.05, 0.1) is 20.3 Å². The Kier molecular flexibility index (Phi) is 7.69. The Bertz CT molecular complexity index is 888. The minimum atomic E-state index is -0.632. The van der Waals surface area contributed by atoms with Crippen LogP contribution in [0.2, 0.25) is 0 Å². The summed E-state index contributed by atoms with van der Waals surface area (Å²) >= 11 is 0. The average Bonchev–Trinajstić information content (AvgIpc) is 2.70. The maximum absolute atomic E-state index is 12.4. The quantitative estimate of drug-likeness (QED) is 0.658. The van der Waals surface area contributed by atoms with Gasteiger partial charge in [0.1, 0.15) is 28.4 Å². The lowest BCUT2D eigenvalue weighted by Gasteiger charge is -2.21. The highest BCUT2D eigenvalue weighted by atomic mass is 16.6. The highest BCUT2D eigenvalue weighted by Gasteiger charge is 2.21. The molecule has 0 radical (unpaired) electrons. The van der Waals surface area contributed by atoms with Gasteiger partial charge in [-0.15, -0.1) is 0 Å². The maximum atomic E-state index is 12.4. The summed E-state index contributed by atoms with van der Waals surface area (Å²) in [6.07, 6.45) is 0. The Hall–Kier alpha value is -3.22. The fraction of sp³-hybridized carbons (Fsp3) is 0.391. The molecule has 1 atom stereocenters. The standard InChI is InChI=1S/C23H29NO6/c1-15(18-13-16(27-5)11-12-19(18)28-6)24-21(25)14-29-20-10-8-7-9-17(20)22(26)30-23(2,3)4/h7-13,15H,14H2,1-6H3,(H,24,25)/t15-/m1/s1. The van der Waals surface area contributed by atoms with Crippen LogP contribution in [0.15, 0.2) is 42.5 Å². The molecule has 2 aromatic rings. The van der Waals surface area contributed by atoms with Crippen LogP contribution in [0.1, 0.15) is 49.7 Å². The molecule has 0 aliphatic carbocycles. The number of benzene rings is 2. The first-order valence-electron chi connectivity index (χ1n) is 9.61. The van der Waals surface area contributed by atoms with E-state index in [1.807, 2.05) is 13.0 Å². The average molecular weight is 415 g/mol. The SMILES string of the molecule is COc1ccc(OC)c([C@@H](C)NC(=O)COc2ccccc2C(=O)OC(C)(C)C)c1. The second-order valence-corrected chi connectivity index (χ2v) is 7.68. The molecule has 0 aliphatic rings. The van der Waals surface area contributed by atoms with Crippen molar-refractivity contribution < 1.29 is 28.5 Å². The molecular weight excluding hydrogens is 386 g/mol. The third-order valence-electron chi connectivity index (χ3n) is 4.15. The predicted molar refractivity (Wildman–Crippen MR) is 113 cm³/mol. The van der Waals surface area contributed by atoms with Gasteiger partial charge in [-0.05, 0) is 58.0 Å². The topological polar surface area (TPSA) is 83.1 Å². The second-order valence-electron chi connectivity index (χ2n) is 7.68. The molecule has 0 fully saturated rings. The van der Waals surface area contributed by atoms with Crippen LogP contribution in [-0.4, -0.2) is 38.3 Å². The molecule has 0 saturated heterocycles. The molecule has 30 heavy (non-hydrogen) atoms. The molecule has 0 heterocycles. The molecule has 0 bridgehead atoms. The van der Waals surface area contributed by atoms with Gasteiger partial charge in [-0.3, -0.25) is 4.79 Å². The fourth-order valence-electron chi connectivity index (χ4n) is 2.78. The van der Waals surface area contributed by atoms with E-state index < -0.39 is 11.6 Å². The van der Waals surface area contributed by atoms with Crippen molar-refractivity contribution in [2.75, 3.05) is 20.8 Å². The highest BCUT2D eigenvalue weighted by Crippen LogP contribution is 2.29. The molecule has 7 heteroatoms. The number of para-hydroxylation sites is 1. The molecule has 0 saturated carbocycles. The first-order chi connectivity index (χ1) is 14.1. The zero-order chi connectivity index (χ0) is 22.3. The lowest BCUT2D eigenvalue weighted by Crippen LogP contribution is -2.31. The van der Waals surface area contributed by atoms with E-state index in [2.05, 4.69) is 5.32 Å². The normalized spacial score (nSPS) is 11.9. The van der Waals surface area contributed by atoms with Crippen LogP contribution in [0.3, 0.4) is 0 Å². The van der Waals surface area contributed by atoms with E-state index in [-0.39, 0.29) is 29.9 Å². The van der Waals surface area contributed by atoms with Gasteiger partial charge in [-0.25, -0.2) is 4.79 Å². The van der Waals surface area contributed by atoms with E-state index >= 15 is 0 Å². The first-order valence-corrected chi connectivity index (χ1v) is 9.61. The van der Waals surface area contributed by atoms with Crippen LogP contribution in [-0.2, 0) is 9.53 Å². The Morgan fingerprint density at radius 2 is 1.70 bits per heavy atom. The molecule has 1 N–H and O–H groups in total. The summed E-state index contributed by atoms with van der Waals surface area (Å²) in [7, 11) is 3.14. The molecule has 162 valence electrons. The smallest absolute Gasteiger partial charge is 0.342 e. The maximum Gasteiger partial charge on any atom is 0.342 e. The van der Waals surface area contributed by atoms with E-state index in [4.69, 9.17) is 18.9 Å². The van der Waals surface area contributed by atoms with Crippen LogP contribution < -0.4 is 19.5 Å². The van der Waals surface area contributed by atoms with Crippen LogP contribution in [0.4, 0.5) is 0 Å². The van der Waals surface area contributed by atoms with E-state index in [0.717, 1.165) is 5.56 Å². The number of esters is 1. The molecule has 2 aromatic carbocycles. The third kappa shape index (κ3) is 6.40. The lowest BCUT2D eigenvalue weighted by atomic mass is 10.1. The van der Waals surface area contributed by atoms with Crippen molar-refractivity contribution in [2.24, 2.45) is 0 Å². The number of methoxy groups -OCH3 is 2. The van der Waals surface area contributed by atoms with Gasteiger partial charge in [0.2, 0.25) is 0 Å². The molecule has 1 amide bonds. The summed E-state index contributed by atoms with van der Waals surface area (Å²) in [5, 5.41) is 2.86. The van der Waals surface area contributed by atoms with Crippen molar-refractivity contribution in [3.05, 3.63) is 53.6 Å². The van der Waals surface area contributed by atoms with Crippen molar-refractivity contribution in [3.63, 3.8) is 0 Å². The number of nitrogens with one attached hydrogen (secondary N) is 1. The molecule has 0 aliphatic heterocycles. The van der Waals surface area contributed by atoms with Crippen LogP contribution in [0.25, 0.3) is 0 Å². The molecule has 0 spiro atoms. The number of carbonyl (C=O) groups excluding carboxylic acids is 2. The summed E-state index contributed by atoms with van der Waals surface area (Å²) < 4.78 is 21.6. The number of ether oxygens (including phenoxy) is 4. The molecule has 0 unspecified atom stereocenters. The van der Waals surface area contributed by atoms with Crippen LogP contribution in [0, 0.1) is 0 Å². The number of amides is 1. The van der Waals surface area contributed by atoms with Gasteiger partial charge >= 0.3 is 5.97 Å². The monoisotopic (exact) mass is 415 g/mol. The van der Waals surface area contributed by atoms with Gasteiger partial charge in [0.25, 0.3) is 5.91 Å². The van der Waals surface area contributed by atoms with Gasteiger partial charge in [0.15, 0.2) is 6.61 Å². The van der Waals surface area contributed by atoms with Crippen molar-refractivity contribution >= 4 is 11.9 Å². The first kappa shape index (κ1) is 23.1. The molecule has 0 aromatic heterocycles. The van der Waals surface area contributed by atoms with E-state index in [1.165, 1.54) is 0 Å². The number of rotatable bonds is 8. The van der Waals surface area contributed by atoms with Gasteiger partial charge in [0, 0.05) is 5.56 Å². The van der Waals surface area contributed by atoms with E-state index in [0.29, 0.717) is 11.5 Å². The van der Waals surface area contributed by atoms with E-state index in [9.17, 15) is 9.59 Å².